The van der Waals surface area contributed by atoms with Gasteiger partial charge in [-0.2, -0.15) is 19.3 Å². The van der Waals surface area contributed by atoms with Gasteiger partial charge in [-0.3, -0.25) is 4.79 Å². The van der Waals surface area contributed by atoms with E-state index in [9.17, 15) is 23.6 Å². The summed E-state index contributed by atoms with van der Waals surface area (Å²) in [7, 11) is 1.24. The van der Waals surface area contributed by atoms with Crippen LogP contribution in [0.1, 0.15) is 82.9 Å². The van der Waals surface area contributed by atoms with E-state index in [1.807, 2.05) is 19.9 Å². The van der Waals surface area contributed by atoms with Crippen molar-refractivity contribution in [3.05, 3.63) is 105 Å². The molecule has 0 saturated carbocycles. The molecule has 310 valence electrons. The molecule has 3 aromatic heterocycles. The number of methoxy groups -OCH3 is 1. The molecule has 0 aliphatic rings. The van der Waals surface area contributed by atoms with Crippen LogP contribution in [0.25, 0.3) is 43.7 Å². The first-order chi connectivity index (χ1) is 28.4. The van der Waals surface area contributed by atoms with Crippen LogP contribution in [-0.4, -0.2) is 45.9 Å². The van der Waals surface area contributed by atoms with Crippen molar-refractivity contribution >= 4 is 61.2 Å². The molecule has 15 heteroatoms. The van der Waals surface area contributed by atoms with Crippen molar-refractivity contribution in [1.82, 2.24) is 14.5 Å². The van der Waals surface area contributed by atoms with Crippen LogP contribution in [0.4, 0.5) is 29.1 Å². The minimum atomic E-state index is -1.12. The maximum atomic E-state index is 15.1. The first-order valence-corrected chi connectivity index (χ1v) is 19.1. The number of fused-ring (bicyclic) bond motifs is 5. The molecule has 3 heterocycles. The van der Waals surface area contributed by atoms with Crippen LogP contribution >= 0.6 is 0 Å². The average Bonchev–Trinajstić information content (AvgIpc) is 3.77. The van der Waals surface area contributed by atoms with Crippen LogP contribution in [-0.2, 0) is 4.74 Å². The number of carbonyl (C=O) groups excluding carboxylic acids is 1. The Morgan fingerprint density at radius 3 is 1.83 bits per heavy atom. The van der Waals surface area contributed by atoms with Gasteiger partial charge in [0.25, 0.3) is 0 Å². The van der Waals surface area contributed by atoms with Crippen molar-refractivity contribution in [3.8, 4) is 23.6 Å². The molecule has 0 fully saturated rings. The lowest BCUT2D eigenvalue weighted by Crippen LogP contribution is -2.28. The van der Waals surface area contributed by atoms with Crippen LogP contribution < -0.4 is 19.8 Å². The second-order valence-corrected chi connectivity index (χ2v) is 15.1. The summed E-state index contributed by atoms with van der Waals surface area (Å²) in [4.78, 5) is 33.7. The number of nitrogens with zero attached hydrogens (tertiary/aromatic N) is 4. The third kappa shape index (κ3) is 7.54. The Labute approximate surface area is 342 Å². The monoisotopic (exact) mass is 822 g/mol. The number of carbonyl (C=O) groups is 1. The van der Waals surface area contributed by atoms with Crippen LogP contribution in [0.5, 0.6) is 11.5 Å². The van der Waals surface area contributed by atoms with Gasteiger partial charge in [-0.1, -0.05) is 12.1 Å². The Kier molecular flexibility index (Phi) is 11.9. The number of pyridine rings is 1. The lowest BCUT2D eigenvalue weighted by atomic mass is 10.1. The summed E-state index contributed by atoms with van der Waals surface area (Å²) in [6.45, 7) is 14.0. The second kappa shape index (κ2) is 16.7. The lowest BCUT2D eigenvalue weighted by Gasteiger charge is -2.29. The van der Waals surface area contributed by atoms with Gasteiger partial charge in [-0.05, 0) is 97.9 Å². The smallest absolute Gasteiger partial charge is 0.342 e. The molecule has 7 aromatic rings. The Hall–Kier alpha value is -7.00. The molecule has 0 spiro atoms. The highest BCUT2D eigenvalue weighted by molar-refractivity contribution is 6.11. The number of nitrogens with one attached hydrogen (secondary N) is 2. The summed E-state index contributed by atoms with van der Waals surface area (Å²) >= 11 is 0. The van der Waals surface area contributed by atoms with E-state index in [0.717, 1.165) is 0 Å². The number of aromatic nitrogens is 3. The molecule has 0 aliphatic carbocycles. The fourth-order valence-corrected chi connectivity index (χ4v) is 7.22. The van der Waals surface area contributed by atoms with Gasteiger partial charge in [0.15, 0.2) is 28.6 Å². The average molecular weight is 823 g/mol. The van der Waals surface area contributed by atoms with E-state index in [-0.39, 0.29) is 63.8 Å². The highest BCUT2D eigenvalue weighted by Crippen LogP contribution is 2.39. The van der Waals surface area contributed by atoms with E-state index in [1.165, 1.54) is 30.2 Å². The minimum absolute atomic E-state index is 0.0472. The lowest BCUT2D eigenvalue weighted by molar-refractivity contribution is 0.0603. The van der Waals surface area contributed by atoms with Crippen molar-refractivity contribution in [1.29, 1.82) is 10.5 Å². The molecule has 0 unspecified atom stereocenters. The number of hydrogen-bond donors (Lipinski definition) is 2. The summed E-state index contributed by atoms with van der Waals surface area (Å²) in [6.07, 6.45) is -0.704. The van der Waals surface area contributed by atoms with Crippen molar-refractivity contribution in [3.63, 3.8) is 0 Å². The standard InChI is InChI=1S/C23H23F2N3O3.C22H19F2N3O2/c1-12(2)28(17-8-9-18(31-13(3)4)21(25)20(17)24)22-19(23(29)30-5)15-7-6-14(11-26)10-16(15)27-22;1-10(2)27-20-14(8-16(29-11(3)4)18(23)19(20)24)21(28)17-13-6-5-12(9-25)7-15(13)26-22(17)27/h6-10,12-13,27H,1-5H3;5-8,10-11,26H,1-4H3. The highest BCUT2D eigenvalue weighted by Gasteiger charge is 2.30. The second-order valence-electron chi connectivity index (χ2n) is 15.1. The Morgan fingerprint density at radius 1 is 0.717 bits per heavy atom. The van der Waals surface area contributed by atoms with Gasteiger partial charge in [0, 0.05) is 33.9 Å². The van der Waals surface area contributed by atoms with Gasteiger partial charge in [0.1, 0.15) is 17.0 Å². The predicted octanol–water partition coefficient (Wildman–Crippen LogP) is 10.6. The number of anilines is 2. The van der Waals surface area contributed by atoms with Crippen LogP contribution in [0, 0.1) is 45.9 Å². The van der Waals surface area contributed by atoms with Crippen LogP contribution in [0.15, 0.2) is 59.4 Å². The molecule has 2 N–H and O–H groups in total. The predicted molar refractivity (Wildman–Crippen MR) is 222 cm³/mol. The minimum Gasteiger partial charge on any atom is -0.488 e. The maximum absolute atomic E-state index is 15.1. The largest absolute Gasteiger partial charge is 0.488 e. The summed E-state index contributed by atoms with van der Waals surface area (Å²) in [6, 6.07) is 17.2. The molecule has 0 radical (unpaired) electrons. The number of nitriles is 2. The Morgan fingerprint density at radius 2 is 1.28 bits per heavy atom. The van der Waals surface area contributed by atoms with Gasteiger partial charge in [-0.25, -0.2) is 13.6 Å². The quantitative estimate of drug-likeness (QED) is 0.108. The fraction of sp³-hybridized carbons (Fsp3) is 0.289. The van der Waals surface area contributed by atoms with Gasteiger partial charge < -0.3 is 33.6 Å². The van der Waals surface area contributed by atoms with E-state index in [4.69, 9.17) is 19.5 Å². The number of benzene rings is 4. The third-order valence-electron chi connectivity index (χ3n) is 9.59. The van der Waals surface area contributed by atoms with Gasteiger partial charge in [0.05, 0.1) is 64.6 Å². The molecular weight excluding hydrogens is 781 g/mol. The SMILES string of the molecule is CC(C)Oc1cc2c(=O)c3c4ccc(C#N)cc4[nH]c3n(C(C)C)c2c(F)c1F.COC(=O)c1c(N(c2ccc(OC(C)C)c(F)c2F)C(C)C)[nH]c2cc(C#N)ccc12. The van der Waals surface area contributed by atoms with Gasteiger partial charge >= 0.3 is 5.97 Å². The van der Waals surface area contributed by atoms with E-state index in [1.54, 1.807) is 82.5 Å². The van der Waals surface area contributed by atoms with E-state index < -0.39 is 34.7 Å². The summed E-state index contributed by atoms with van der Waals surface area (Å²) in [5, 5.41) is 19.9. The summed E-state index contributed by atoms with van der Waals surface area (Å²) in [5.41, 5.74) is 1.86. The number of esters is 1. The number of ether oxygens (including phenoxy) is 3. The Balaban J connectivity index is 0.000000202. The van der Waals surface area contributed by atoms with Crippen molar-refractivity contribution in [2.45, 2.75) is 79.7 Å². The molecule has 4 aromatic carbocycles. The maximum Gasteiger partial charge on any atom is 0.342 e. The zero-order valence-corrected chi connectivity index (χ0v) is 34.3. The molecule has 0 aliphatic heterocycles. The Bertz CT molecular complexity index is 2970. The number of aromatic amines is 2. The molecule has 0 atom stereocenters. The van der Waals surface area contributed by atoms with Crippen molar-refractivity contribution in [2.75, 3.05) is 12.0 Å². The van der Waals surface area contributed by atoms with E-state index >= 15 is 8.78 Å². The zero-order chi connectivity index (χ0) is 43.9. The van der Waals surface area contributed by atoms with E-state index in [2.05, 4.69) is 16.0 Å². The van der Waals surface area contributed by atoms with Crippen LogP contribution in [0.2, 0.25) is 0 Å². The molecule has 0 saturated heterocycles. The molecule has 11 nitrogen and oxygen atoms in total. The third-order valence-corrected chi connectivity index (χ3v) is 9.59. The molecule has 7 rings (SSSR count). The number of rotatable bonds is 9. The molecular formula is C45H42F4N6O5. The molecule has 60 heavy (non-hydrogen) atoms. The summed E-state index contributed by atoms with van der Waals surface area (Å²) < 4.78 is 77.0. The zero-order valence-electron chi connectivity index (χ0n) is 34.3. The fourth-order valence-electron chi connectivity index (χ4n) is 7.22. The topological polar surface area (TPSA) is 149 Å². The molecule has 0 amide bonds. The van der Waals surface area contributed by atoms with Gasteiger partial charge in [0.2, 0.25) is 11.6 Å². The highest BCUT2D eigenvalue weighted by atomic mass is 19.2. The van der Waals surface area contributed by atoms with Gasteiger partial charge in [-0.15, -0.1) is 0 Å². The van der Waals surface area contributed by atoms with E-state index in [0.29, 0.717) is 44.0 Å². The number of H-pyrrole nitrogens is 2. The molecule has 0 bridgehead atoms. The number of hydrogen-bond acceptors (Lipinski definition) is 8. The van der Waals surface area contributed by atoms with Crippen LogP contribution in [0.3, 0.4) is 0 Å². The summed E-state index contributed by atoms with van der Waals surface area (Å²) in [5.74, 6) is -5.34. The first kappa shape index (κ1) is 42.6. The number of halogens is 4. The first-order valence-electron chi connectivity index (χ1n) is 19.1. The van der Waals surface area contributed by atoms with Crippen molar-refractivity contribution < 1.29 is 36.6 Å². The van der Waals surface area contributed by atoms with Crippen molar-refractivity contribution in [2.24, 2.45) is 0 Å². The normalized spacial score (nSPS) is 11.4.